The third kappa shape index (κ3) is 3.44. The van der Waals surface area contributed by atoms with Gasteiger partial charge in [-0.05, 0) is 38.7 Å². The highest BCUT2D eigenvalue weighted by atomic mass is 35.5. The molecular weight excluding hydrogens is 222 g/mol. The lowest BCUT2D eigenvalue weighted by Crippen LogP contribution is -2.28. The van der Waals surface area contributed by atoms with E-state index in [0.29, 0.717) is 5.15 Å². The molecule has 0 N–H and O–H groups in total. The molecule has 0 bridgehead atoms. The molecule has 0 atom stereocenters. The summed E-state index contributed by atoms with van der Waals surface area (Å²) in [5.41, 5.74) is 1.07. The van der Waals surface area contributed by atoms with Gasteiger partial charge in [-0.25, -0.2) is 4.98 Å². The highest BCUT2D eigenvalue weighted by molar-refractivity contribution is 6.29. The zero-order chi connectivity index (χ0) is 11.4. The van der Waals surface area contributed by atoms with Gasteiger partial charge in [-0.3, -0.25) is 4.90 Å². The molecule has 0 spiro atoms. The smallest absolute Gasteiger partial charge is 0.129 e. The molecule has 4 heteroatoms. The molecule has 0 saturated carbocycles. The second kappa shape index (κ2) is 5.62. The molecule has 0 radical (unpaired) electrons. The molecule has 1 aromatic rings. The van der Waals surface area contributed by atoms with Crippen LogP contribution in [0.1, 0.15) is 12.1 Å². The number of hydrogen-bond donors (Lipinski definition) is 0. The van der Waals surface area contributed by atoms with E-state index in [4.69, 9.17) is 11.6 Å². The van der Waals surface area contributed by atoms with Gasteiger partial charge in [-0.1, -0.05) is 17.7 Å². The minimum atomic E-state index is 0.587. The van der Waals surface area contributed by atoms with Crippen LogP contribution in [0.15, 0.2) is 18.2 Å². The molecule has 0 aromatic carbocycles. The van der Waals surface area contributed by atoms with Crippen LogP contribution in [0, 0.1) is 0 Å². The van der Waals surface area contributed by atoms with E-state index in [2.05, 4.69) is 21.8 Å². The van der Waals surface area contributed by atoms with Gasteiger partial charge in [0.1, 0.15) is 5.15 Å². The van der Waals surface area contributed by atoms with Crippen molar-refractivity contribution in [2.24, 2.45) is 0 Å². The van der Waals surface area contributed by atoms with Crippen LogP contribution in [-0.4, -0.2) is 48.0 Å². The maximum Gasteiger partial charge on any atom is 0.129 e. The van der Waals surface area contributed by atoms with E-state index >= 15 is 0 Å². The van der Waals surface area contributed by atoms with E-state index in [0.717, 1.165) is 31.9 Å². The van der Waals surface area contributed by atoms with Gasteiger partial charge in [-0.15, -0.1) is 0 Å². The summed E-state index contributed by atoms with van der Waals surface area (Å²) >= 11 is 5.88. The minimum absolute atomic E-state index is 0.587. The third-order valence-corrected chi connectivity index (χ3v) is 3.18. The monoisotopic (exact) mass is 239 g/mol. The van der Waals surface area contributed by atoms with Gasteiger partial charge in [0, 0.05) is 19.6 Å². The Kier molecular flexibility index (Phi) is 4.16. The van der Waals surface area contributed by atoms with Crippen LogP contribution in [0.3, 0.4) is 0 Å². The van der Waals surface area contributed by atoms with Crippen LogP contribution < -0.4 is 0 Å². The fourth-order valence-electron chi connectivity index (χ4n) is 2.03. The molecule has 0 unspecified atom stereocenters. The van der Waals surface area contributed by atoms with Crippen LogP contribution in [0.2, 0.25) is 5.15 Å². The largest absolute Gasteiger partial charge is 0.305 e. The minimum Gasteiger partial charge on any atom is -0.305 e. The number of aromatic nitrogens is 1. The van der Waals surface area contributed by atoms with Crippen molar-refractivity contribution in [3.05, 3.63) is 29.0 Å². The predicted molar refractivity (Wildman–Crippen MR) is 66.6 cm³/mol. The number of nitrogens with zero attached hydrogens (tertiary/aromatic N) is 3. The summed E-state index contributed by atoms with van der Waals surface area (Å²) in [5, 5.41) is 0.587. The van der Waals surface area contributed by atoms with Gasteiger partial charge < -0.3 is 4.90 Å². The summed E-state index contributed by atoms with van der Waals surface area (Å²) in [6, 6.07) is 5.83. The van der Waals surface area contributed by atoms with Gasteiger partial charge >= 0.3 is 0 Å². The molecule has 16 heavy (non-hydrogen) atoms. The van der Waals surface area contributed by atoms with Crippen molar-refractivity contribution >= 4 is 11.6 Å². The highest BCUT2D eigenvalue weighted by Crippen LogP contribution is 2.09. The lowest BCUT2D eigenvalue weighted by atomic mass is 10.3. The lowest BCUT2D eigenvalue weighted by Gasteiger charge is -2.19. The van der Waals surface area contributed by atoms with Crippen molar-refractivity contribution < 1.29 is 0 Å². The SMILES string of the molecule is CN1CCCN(Cc2cccc(Cl)n2)CC1. The maximum atomic E-state index is 5.88. The summed E-state index contributed by atoms with van der Waals surface area (Å²) in [6.07, 6.45) is 1.23. The number of pyridine rings is 1. The molecule has 1 aromatic heterocycles. The Balaban J connectivity index is 1.93. The van der Waals surface area contributed by atoms with Crippen LogP contribution in [-0.2, 0) is 6.54 Å². The van der Waals surface area contributed by atoms with Crippen molar-refractivity contribution in [3.8, 4) is 0 Å². The normalized spacial score (nSPS) is 19.6. The van der Waals surface area contributed by atoms with E-state index in [9.17, 15) is 0 Å². The summed E-state index contributed by atoms with van der Waals surface area (Å²) in [5.74, 6) is 0. The Morgan fingerprint density at radius 3 is 2.94 bits per heavy atom. The van der Waals surface area contributed by atoms with Gasteiger partial charge in [0.05, 0.1) is 5.69 Å². The van der Waals surface area contributed by atoms with Gasteiger partial charge in [-0.2, -0.15) is 0 Å². The number of likely N-dealkylation sites (N-methyl/N-ethyl adjacent to an activating group) is 1. The molecule has 0 aliphatic carbocycles. The van der Waals surface area contributed by atoms with Gasteiger partial charge in [0.25, 0.3) is 0 Å². The zero-order valence-corrected chi connectivity index (χ0v) is 10.5. The van der Waals surface area contributed by atoms with E-state index in [-0.39, 0.29) is 0 Å². The van der Waals surface area contributed by atoms with Crippen molar-refractivity contribution in [2.45, 2.75) is 13.0 Å². The zero-order valence-electron chi connectivity index (χ0n) is 9.69. The van der Waals surface area contributed by atoms with E-state index < -0.39 is 0 Å². The first-order valence-electron chi connectivity index (χ1n) is 5.76. The summed E-state index contributed by atoms with van der Waals surface area (Å²) < 4.78 is 0. The third-order valence-electron chi connectivity index (χ3n) is 2.97. The van der Waals surface area contributed by atoms with Crippen LogP contribution in [0.25, 0.3) is 0 Å². The molecule has 2 rings (SSSR count). The first kappa shape index (κ1) is 11.8. The average Bonchev–Trinajstić information content (AvgIpc) is 2.44. The number of rotatable bonds is 2. The fraction of sp³-hybridized carbons (Fsp3) is 0.583. The average molecular weight is 240 g/mol. The fourth-order valence-corrected chi connectivity index (χ4v) is 2.21. The van der Waals surface area contributed by atoms with Crippen molar-refractivity contribution in [3.63, 3.8) is 0 Å². The molecule has 2 heterocycles. The Labute approximate surface area is 102 Å². The van der Waals surface area contributed by atoms with Crippen LogP contribution in [0.5, 0.6) is 0 Å². The first-order chi connectivity index (χ1) is 7.74. The van der Waals surface area contributed by atoms with E-state index in [1.165, 1.54) is 13.0 Å². The number of hydrogen-bond acceptors (Lipinski definition) is 3. The van der Waals surface area contributed by atoms with Crippen LogP contribution >= 0.6 is 11.6 Å². The molecular formula is C12H18ClN3. The van der Waals surface area contributed by atoms with Crippen molar-refractivity contribution in [2.75, 3.05) is 33.2 Å². The first-order valence-corrected chi connectivity index (χ1v) is 6.14. The molecule has 3 nitrogen and oxygen atoms in total. The van der Waals surface area contributed by atoms with Crippen molar-refractivity contribution in [1.29, 1.82) is 0 Å². The quantitative estimate of drug-likeness (QED) is 0.735. The van der Waals surface area contributed by atoms with Crippen molar-refractivity contribution in [1.82, 2.24) is 14.8 Å². The lowest BCUT2D eigenvalue weighted by molar-refractivity contribution is 0.266. The molecule has 1 aliphatic rings. The summed E-state index contributed by atoms with van der Waals surface area (Å²) in [7, 11) is 2.18. The second-order valence-corrected chi connectivity index (χ2v) is 4.77. The van der Waals surface area contributed by atoms with Gasteiger partial charge in [0.15, 0.2) is 0 Å². The summed E-state index contributed by atoms with van der Waals surface area (Å²) in [4.78, 5) is 9.15. The molecule has 1 aliphatic heterocycles. The van der Waals surface area contributed by atoms with E-state index in [1.54, 1.807) is 0 Å². The highest BCUT2D eigenvalue weighted by Gasteiger charge is 2.12. The topological polar surface area (TPSA) is 19.4 Å². The van der Waals surface area contributed by atoms with Crippen LogP contribution in [0.4, 0.5) is 0 Å². The Hall–Kier alpha value is -0.640. The Morgan fingerprint density at radius 2 is 2.12 bits per heavy atom. The Morgan fingerprint density at radius 1 is 1.25 bits per heavy atom. The van der Waals surface area contributed by atoms with E-state index in [1.807, 2.05) is 18.2 Å². The standard InChI is InChI=1S/C12H18ClN3/c1-15-6-3-7-16(9-8-15)10-11-4-2-5-12(13)14-11/h2,4-5H,3,6-10H2,1H3. The molecule has 1 saturated heterocycles. The summed E-state index contributed by atoms with van der Waals surface area (Å²) in [6.45, 7) is 5.51. The molecule has 88 valence electrons. The van der Waals surface area contributed by atoms with Gasteiger partial charge in [0.2, 0.25) is 0 Å². The second-order valence-electron chi connectivity index (χ2n) is 4.38. The molecule has 1 fully saturated rings. The molecule has 0 amide bonds. The number of halogens is 1. The Bertz CT molecular complexity index is 343. The maximum absolute atomic E-state index is 5.88. The predicted octanol–water partition coefficient (Wildman–Crippen LogP) is 1.87.